The normalized spacial score (nSPS) is 13.1. The van der Waals surface area contributed by atoms with E-state index in [9.17, 15) is 4.79 Å². The molecule has 0 saturated heterocycles. The zero-order valence-corrected chi connectivity index (χ0v) is 20.2. The number of fused-ring (bicyclic) bond motifs is 1. The molecule has 0 N–H and O–H groups in total. The largest absolute Gasteiger partial charge is 0.491 e. The minimum Gasteiger partial charge on any atom is -0.491 e. The first-order valence-corrected chi connectivity index (χ1v) is 12.0. The highest BCUT2D eigenvalue weighted by molar-refractivity contribution is 5.75. The van der Waals surface area contributed by atoms with Crippen molar-refractivity contribution in [2.24, 2.45) is 0 Å². The highest BCUT2D eigenvalue weighted by Crippen LogP contribution is 2.37. The van der Waals surface area contributed by atoms with Crippen LogP contribution in [0.15, 0.2) is 72.8 Å². The Bertz CT molecular complexity index is 1080. The van der Waals surface area contributed by atoms with Gasteiger partial charge in [-0.2, -0.15) is 0 Å². The molecule has 0 fully saturated rings. The number of carbonyl (C=O) groups excluding carboxylic acids is 1. The molecule has 0 bridgehead atoms. The number of benzene rings is 3. The molecule has 1 heterocycles. The van der Waals surface area contributed by atoms with E-state index in [1.54, 1.807) is 0 Å². The molecule has 3 aromatic carbocycles. The first-order chi connectivity index (χ1) is 16.5. The fraction of sp³-hybridized carbons (Fsp3) is 0.345. The predicted octanol–water partition coefficient (Wildman–Crippen LogP) is 6.16. The van der Waals surface area contributed by atoms with E-state index in [1.807, 2.05) is 62.1 Å². The van der Waals surface area contributed by atoms with Gasteiger partial charge in [-0.15, -0.1) is 0 Å². The van der Waals surface area contributed by atoms with Gasteiger partial charge in [0.25, 0.3) is 0 Å². The molecule has 4 rings (SSSR count). The number of carbonyl (C=O) groups is 1. The zero-order valence-electron chi connectivity index (χ0n) is 20.2. The van der Waals surface area contributed by atoms with E-state index in [-0.39, 0.29) is 24.7 Å². The second-order valence-electron chi connectivity index (χ2n) is 8.84. The lowest BCUT2D eigenvalue weighted by molar-refractivity contribution is -0.131. The van der Waals surface area contributed by atoms with Crippen LogP contribution in [0.25, 0.3) is 0 Å². The van der Waals surface area contributed by atoms with E-state index < -0.39 is 0 Å². The molecule has 0 aromatic heterocycles. The minimum absolute atomic E-state index is 0.134. The molecule has 34 heavy (non-hydrogen) atoms. The van der Waals surface area contributed by atoms with Gasteiger partial charge in [-0.05, 0) is 61.2 Å². The van der Waals surface area contributed by atoms with Crippen LogP contribution in [0.3, 0.4) is 0 Å². The molecule has 1 atom stereocenters. The third-order valence-electron chi connectivity index (χ3n) is 6.01. The molecule has 0 spiro atoms. The highest BCUT2D eigenvalue weighted by atomic mass is 16.7. The Labute approximate surface area is 202 Å². The average Bonchev–Trinajstić information content (AvgIpc) is 3.32. The van der Waals surface area contributed by atoms with Crippen molar-refractivity contribution < 1.29 is 19.0 Å². The summed E-state index contributed by atoms with van der Waals surface area (Å²) in [5, 5.41) is 0. The second kappa shape index (κ2) is 11.1. The summed E-state index contributed by atoms with van der Waals surface area (Å²) in [6.07, 6.45) is 1.42. The third-order valence-corrected chi connectivity index (χ3v) is 6.01. The Kier molecular flexibility index (Phi) is 7.73. The lowest BCUT2D eigenvalue weighted by Crippen LogP contribution is -2.31. The predicted molar refractivity (Wildman–Crippen MR) is 133 cm³/mol. The van der Waals surface area contributed by atoms with Gasteiger partial charge < -0.3 is 19.1 Å². The maximum atomic E-state index is 12.8. The number of hydrogen-bond donors (Lipinski definition) is 0. The van der Waals surface area contributed by atoms with Crippen molar-refractivity contribution in [2.45, 2.75) is 52.2 Å². The Morgan fingerprint density at radius 2 is 1.68 bits per heavy atom. The molecule has 1 aliphatic rings. The maximum absolute atomic E-state index is 12.8. The lowest BCUT2D eigenvalue weighted by Gasteiger charge is -2.26. The number of amides is 1. The molecule has 1 aliphatic heterocycles. The number of rotatable bonds is 10. The first-order valence-electron chi connectivity index (χ1n) is 12.0. The molecule has 1 amide bonds. The van der Waals surface area contributed by atoms with Crippen LogP contribution in [0.2, 0.25) is 0 Å². The van der Waals surface area contributed by atoms with Crippen molar-refractivity contribution in [1.29, 1.82) is 0 Å². The van der Waals surface area contributed by atoms with E-state index in [0.29, 0.717) is 19.5 Å². The van der Waals surface area contributed by atoms with Gasteiger partial charge in [0.05, 0.1) is 6.10 Å². The molecule has 3 aromatic rings. The Morgan fingerprint density at radius 1 is 0.941 bits per heavy atom. The zero-order chi connectivity index (χ0) is 23.9. The maximum Gasteiger partial charge on any atom is 0.231 e. The van der Waals surface area contributed by atoms with Gasteiger partial charge in [0, 0.05) is 25.4 Å². The van der Waals surface area contributed by atoms with Crippen molar-refractivity contribution in [1.82, 2.24) is 4.90 Å². The summed E-state index contributed by atoms with van der Waals surface area (Å²) in [6, 6.07) is 24.6. The van der Waals surface area contributed by atoms with Gasteiger partial charge >= 0.3 is 0 Å². The summed E-state index contributed by atoms with van der Waals surface area (Å²) in [7, 11) is 0. The van der Waals surface area contributed by atoms with Crippen LogP contribution in [0.1, 0.15) is 56.2 Å². The van der Waals surface area contributed by atoms with Crippen LogP contribution in [-0.4, -0.2) is 30.2 Å². The van der Waals surface area contributed by atoms with Crippen molar-refractivity contribution in [2.75, 3.05) is 13.3 Å². The summed E-state index contributed by atoms with van der Waals surface area (Å²) >= 11 is 0. The van der Waals surface area contributed by atoms with E-state index >= 15 is 0 Å². The van der Waals surface area contributed by atoms with Crippen molar-refractivity contribution in [3.8, 4) is 17.2 Å². The molecule has 5 heteroatoms. The molecular formula is C29H33NO4. The molecule has 0 aliphatic carbocycles. The summed E-state index contributed by atoms with van der Waals surface area (Å²) in [6.45, 7) is 7.44. The van der Waals surface area contributed by atoms with Gasteiger partial charge in [0.2, 0.25) is 12.7 Å². The van der Waals surface area contributed by atoms with E-state index in [4.69, 9.17) is 14.2 Å². The smallest absolute Gasteiger partial charge is 0.231 e. The summed E-state index contributed by atoms with van der Waals surface area (Å²) in [5.41, 5.74) is 3.48. The second-order valence-corrected chi connectivity index (χ2v) is 8.84. The lowest BCUT2D eigenvalue weighted by atomic mass is 9.88. The monoisotopic (exact) mass is 459 g/mol. The average molecular weight is 460 g/mol. The molecule has 1 unspecified atom stereocenters. The topological polar surface area (TPSA) is 48.0 Å². The minimum atomic E-state index is 0.134. The molecule has 178 valence electrons. The summed E-state index contributed by atoms with van der Waals surface area (Å²) < 4.78 is 16.9. The van der Waals surface area contributed by atoms with Crippen molar-refractivity contribution >= 4 is 5.91 Å². The Balaban J connectivity index is 1.52. The van der Waals surface area contributed by atoms with Crippen LogP contribution < -0.4 is 14.2 Å². The number of nitrogens with zero attached hydrogens (tertiary/aromatic N) is 1. The van der Waals surface area contributed by atoms with E-state index in [2.05, 4.69) is 36.4 Å². The van der Waals surface area contributed by atoms with Gasteiger partial charge in [-0.3, -0.25) is 4.79 Å². The van der Waals surface area contributed by atoms with Gasteiger partial charge in [0.1, 0.15) is 5.75 Å². The van der Waals surface area contributed by atoms with Gasteiger partial charge in [0.15, 0.2) is 11.5 Å². The summed E-state index contributed by atoms with van der Waals surface area (Å²) in [5.74, 6) is 2.70. The van der Waals surface area contributed by atoms with Crippen LogP contribution in [0.4, 0.5) is 0 Å². The van der Waals surface area contributed by atoms with Crippen LogP contribution in [0, 0.1) is 0 Å². The molecule has 0 radical (unpaired) electrons. The van der Waals surface area contributed by atoms with Gasteiger partial charge in [-0.1, -0.05) is 55.5 Å². The fourth-order valence-corrected chi connectivity index (χ4v) is 4.31. The quantitative estimate of drug-likeness (QED) is 0.364. The van der Waals surface area contributed by atoms with Crippen molar-refractivity contribution in [3.63, 3.8) is 0 Å². The van der Waals surface area contributed by atoms with Gasteiger partial charge in [-0.25, -0.2) is 0 Å². The molecular weight excluding hydrogens is 426 g/mol. The van der Waals surface area contributed by atoms with Crippen LogP contribution >= 0.6 is 0 Å². The fourth-order valence-electron chi connectivity index (χ4n) is 4.31. The third kappa shape index (κ3) is 5.90. The standard InChI is InChI=1S/C29H33NO4/c1-4-29(31)30(19-22-10-13-25(14-11-22)34-21(2)3)17-16-26(23-8-6-5-7-9-23)24-12-15-27-28(18-24)33-20-32-27/h5-15,18,21,26H,4,16-17,19-20H2,1-3H3. The van der Waals surface area contributed by atoms with Crippen molar-refractivity contribution in [3.05, 3.63) is 89.5 Å². The number of hydrogen-bond acceptors (Lipinski definition) is 4. The van der Waals surface area contributed by atoms with Crippen LogP contribution in [-0.2, 0) is 11.3 Å². The number of ether oxygens (including phenoxy) is 3. The Hall–Kier alpha value is -3.47. The first kappa shape index (κ1) is 23.7. The molecule has 0 saturated carbocycles. The SMILES string of the molecule is CCC(=O)N(CCC(c1ccccc1)c1ccc2c(c1)OCO2)Cc1ccc(OC(C)C)cc1. The Morgan fingerprint density at radius 3 is 2.38 bits per heavy atom. The molecule has 5 nitrogen and oxygen atoms in total. The van der Waals surface area contributed by atoms with E-state index in [1.165, 1.54) is 5.56 Å². The highest BCUT2D eigenvalue weighted by Gasteiger charge is 2.21. The van der Waals surface area contributed by atoms with Crippen LogP contribution in [0.5, 0.6) is 17.2 Å². The van der Waals surface area contributed by atoms with E-state index in [0.717, 1.165) is 34.8 Å². The summed E-state index contributed by atoms with van der Waals surface area (Å²) in [4.78, 5) is 14.8.